The fraction of sp³-hybridized carbons (Fsp3) is 0.389. The molecule has 4 rings (SSSR count). The van der Waals surface area contributed by atoms with Gasteiger partial charge in [0.2, 0.25) is 15.9 Å². The molecule has 0 spiro atoms. The summed E-state index contributed by atoms with van der Waals surface area (Å²) in [6, 6.07) is 2.74. The predicted octanol–water partition coefficient (Wildman–Crippen LogP) is 0.984. The molecule has 8 nitrogen and oxygen atoms in total. The molecule has 4 heterocycles. The zero-order chi connectivity index (χ0) is 19.0. The zero-order valence-corrected chi connectivity index (χ0v) is 15.8. The molecule has 1 amide bonds. The van der Waals surface area contributed by atoms with Crippen LogP contribution in [0.1, 0.15) is 24.5 Å². The van der Waals surface area contributed by atoms with E-state index >= 15 is 0 Å². The Labute approximate surface area is 158 Å². The maximum Gasteiger partial charge on any atom is 0.245 e. The van der Waals surface area contributed by atoms with Crippen LogP contribution in [-0.2, 0) is 27.8 Å². The maximum absolute atomic E-state index is 12.9. The maximum atomic E-state index is 12.9. The average molecular weight is 387 g/mol. The van der Waals surface area contributed by atoms with Crippen molar-refractivity contribution in [2.24, 2.45) is 0 Å². The number of pyridine rings is 1. The van der Waals surface area contributed by atoms with Gasteiger partial charge in [-0.2, -0.15) is 4.31 Å². The minimum absolute atomic E-state index is 0.0305. The molecule has 0 unspecified atom stereocenters. The van der Waals surface area contributed by atoms with Gasteiger partial charge in [-0.05, 0) is 19.1 Å². The van der Waals surface area contributed by atoms with E-state index in [9.17, 15) is 13.2 Å². The SMILES string of the molecule is C[C@@H]1c2nc(CC(=O)N3CC=CC3)cn2CCN1S(=O)(=O)c1cccnc1. The highest BCUT2D eigenvalue weighted by molar-refractivity contribution is 7.89. The van der Waals surface area contributed by atoms with Crippen LogP contribution in [-0.4, -0.2) is 57.7 Å². The van der Waals surface area contributed by atoms with Crippen LogP contribution in [0.4, 0.5) is 0 Å². The fourth-order valence-corrected chi connectivity index (χ4v) is 5.07. The van der Waals surface area contributed by atoms with Crippen LogP contribution >= 0.6 is 0 Å². The van der Waals surface area contributed by atoms with Gasteiger partial charge in [0.15, 0.2) is 0 Å². The van der Waals surface area contributed by atoms with Crippen molar-refractivity contribution >= 4 is 15.9 Å². The molecule has 2 aliphatic rings. The molecule has 0 aliphatic carbocycles. The van der Waals surface area contributed by atoms with Crippen LogP contribution in [0.15, 0.2) is 47.8 Å². The van der Waals surface area contributed by atoms with Crippen molar-refractivity contribution in [1.82, 2.24) is 23.7 Å². The summed E-state index contributed by atoms with van der Waals surface area (Å²) in [5.74, 6) is 0.694. The first kappa shape index (κ1) is 17.9. The van der Waals surface area contributed by atoms with Crippen molar-refractivity contribution in [2.75, 3.05) is 19.6 Å². The summed E-state index contributed by atoms with van der Waals surface area (Å²) >= 11 is 0. The minimum Gasteiger partial charge on any atom is -0.335 e. The standard InChI is InChI=1S/C18H21N5O3S/c1-14-18-20-15(11-17(24)21-7-2-3-8-21)13-22(18)9-10-23(14)27(25,26)16-5-4-6-19-12-16/h2-6,12-14H,7-11H2,1H3/t14-/m1/s1. The van der Waals surface area contributed by atoms with Gasteiger partial charge >= 0.3 is 0 Å². The molecule has 0 aromatic carbocycles. The lowest BCUT2D eigenvalue weighted by molar-refractivity contribution is -0.129. The van der Waals surface area contributed by atoms with Gasteiger partial charge in [0, 0.05) is 44.8 Å². The smallest absolute Gasteiger partial charge is 0.245 e. The topological polar surface area (TPSA) is 88.4 Å². The van der Waals surface area contributed by atoms with Gasteiger partial charge in [-0.1, -0.05) is 12.2 Å². The van der Waals surface area contributed by atoms with E-state index in [0.717, 1.165) is 0 Å². The summed E-state index contributed by atoms with van der Waals surface area (Å²) in [5.41, 5.74) is 0.675. The number of amides is 1. The normalized spacial score (nSPS) is 20.0. The molecule has 1 atom stereocenters. The molecular weight excluding hydrogens is 366 g/mol. The molecular formula is C18H21N5O3S. The summed E-state index contributed by atoms with van der Waals surface area (Å²) in [5, 5.41) is 0. The largest absolute Gasteiger partial charge is 0.335 e. The average Bonchev–Trinajstić information content (AvgIpc) is 3.32. The van der Waals surface area contributed by atoms with Crippen molar-refractivity contribution in [1.29, 1.82) is 0 Å². The molecule has 2 aromatic rings. The second-order valence-corrected chi connectivity index (χ2v) is 8.60. The van der Waals surface area contributed by atoms with Gasteiger partial charge in [-0.3, -0.25) is 9.78 Å². The molecule has 0 saturated carbocycles. The van der Waals surface area contributed by atoms with Crippen molar-refractivity contribution < 1.29 is 13.2 Å². The van der Waals surface area contributed by atoms with Crippen LogP contribution in [0.5, 0.6) is 0 Å². The quantitative estimate of drug-likeness (QED) is 0.730. The Kier molecular flexibility index (Phi) is 4.56. The Hall–Kier alpha value is -2.52. The summed E-state index contributed by atoms with van der Waals surface area (Å²) in [6.07, 6.45) is 8.94. The summed E-state index contributed by atoms with van der Waals surface area (Å²) in [4.78, 5) is 22.8. The molecule has 2 aliphatic heterocycles. The Bertz CT molecular complexity index is 976. The van der Waals surface area contributed by atoms with E-state index in [-0.39, 0.29) is 17.2 Å². The second kappa shape index (κ2) is 6.90. The molecule has 0 fully saturated rings. The molecule has 0 bridgehead atoms. The molecule has 0 saturated heterocycles. The number of imidazole rings is 1. The number of carbonyl (C=O) groups is 1. The fourth-order valence-electron chi connectivity index (χ4n) is 3.52. The second-order valence-electron chi connectivity index (χ2n) is 6.71. The van der Waals surface area contributed by atoms with E-state index in [1.165, 1.54) is 10.5 Å². The van der Waals surface area contributed by atoms with Crippen molar-refractivity contribution in [3.63, 3.8) is 0 Å². The highest BCUT2D eigenvalue weighted by Gasteiger charge is 2.35. The van der Waals surface area contributed by atoms with Crippen molar-refractivity contribution in [3.8, 4) is 0 Å². The van der Waals surface area contributed by atoms with Crippen LogP contribution < -0.4 is 0 Å². The number of fused-ring (bicyclic) bond motifs is 1. The number of aromatic nitrogens is 3. The summed E-state index contributed by atoms with van der Waals surface area (Å²) in [7, 11) is -3.65. The Morgan fingerprint density at radius 3 is 2.74 bits per heavy atom. The van der Waals surface area contributed by atoms with Crippen molar-refractivity contribution in [3.05, 3.63) is 54.4 Å². The highest BCUT2D eigenvalue weighted by Crippen LogP contribution is 2.30. The van der Waals surface area contributed by atoms with E-state index in [1.54, 1.807) is 23.2 Å². The first-order valence-electron chi connectivity index (χ1n) is 8.87. The van der Waals surface area contributed by atoms with E-state index in [0.29, 0.717) is 37.7 Å². The lowest BCUT2D eigenvalue weighted by Crippen LogP contribution is -2.41. The number of rotatable bonds is 4. The monoisotopic (exact) mass is 387 g/mol. The van der Waals surface area contributed by atoms with Gasteiger partial charge < -0.3 is 9.47 Å². The predicted molar refractivity (Wildman–Crippen MR) is 98.2 cm³/mol. The number of nitrogens with zero attached hydrogens (tertiary/aromatic N) is 5. The number of hydrogen-bond donors (Lipinski definition) is 0. The highest BCUT2D eigenvalue weighted by atomic mass is 32.2. The van der Waals surface area contributed by atoms with Gasteiger partial charge in [0.05, 0.1) is 18.2 Å². The zero-order valence-electron chi connectivity index (χ0n) is 15.0. The molecule has 2 aromatic heterocycles. The number of hydrogen-bond acceptors (Lipinski definition) is 5. The van der Waals surface area contributed by atoms with Gasteiger partial charge in [-0.25, -0.2) is 13.4 Å². The first-order valence-corrected chi connectivity index (χ1v) is 10.3. The Morgan fingerprint density at radius 1 is 1.26 bits per heavy atom. The first-order chi connectivity index (χ1) is 13.0. The van der Waals surface area contributed by atoms with Crippen LogP contribution in [0.2, 0.25) is 0 Å². The molecule has 142 valence electrons. The van der Waals surface area contributed by atoms with Gasteiger partial charge in [-0.15, -0.1) is 0 Å². The van der Waals surface area contributed by atoms with Crippen LogP contribution in [0.25, 0.3) is 0 Å². The third-order valence-electron chi connectivity index (χ3n) is 4.97. The molecule has 9 heteroatoms. The van der Waals surface area contributed by atoms with Crippen LogP contribution in [0, 0.1) is 0 Å². The Balaban J connectivity index is 1.55. The summed E-state index contributed by atoms with van der Waals surface area (Å²) < 4.78 is 29.3. The number of sulfonamides is 1. The van der Waals surface area contributed by atoms with Gasteiger partial charge in [0.1, 0.15) is 10.7 Å². The lowest BCUT2D eigenvalue weighted by Gasteiger charge is -2.32. The third-order valence-corrected chi connectivity index (χ3v) is 6.92. The van der Waals surface area contributed by atoms with Gasteiger partial charge in [0.25, 0.3) is 0 Å². The third kappa shape index (κ3) is 3.28. The van der Waals surface area contributed by atoms with Crippen molar-refractivity contribution in [2.45, 2.75) is 30.8 Å². The Morgan fingerprint density at radius 2 is 2.04 bits per heavy atom. The molecule has 0 radical (unpaired) electrons. The number of carbonyl (C=O) groups excluding carboxylic acids is 1. The molecule has 0 N–H and O–H groups in total. The van der Waals surface area contributed by atoms with E-state index in [4.69, 9.17) is 0 Å². The lowest BCUT2D eigenvalue weighted by atomic mass is 10.2. The van der Waals surface area contributed by atoms with Crippen LogP contribution in [0.3, 0.4) is 0 Å². The minimum atomic E-state index is -3.65. The molecule has 27 heavy (non-hydrogen) atoms. The summed E-state index contributed by atoms with van der Waals surface area (Å²) in [6.45, 7) is 3.96. The van der Waals surface area contributed by atoms with E-state index in [1.807, 2.05) is 29.8 Å². The van der Waals surface area contributed by atoms with E-state index < -0.39 is 16.1 Å². The van der Waals surface area contributed by atoms with E-state index in [2.05, 4.69) is 9.97 Å².